The van der Waals surface area contributed by atoms with E-state index in [1.165, 1.54) is 29.3 Å². The monoisotopic (exact) mass is 343 g/mol. The summed E-state index contributed by atoms with van der Waals surface area (Å²) < 4.78 is 1.22. The molecule has 1 aliphatic carbocycles. The standard InChI is InChI=1S/C19H22BrN/c1-21-19(13-16-8-4-5-9-18(16)20)17-11-10-14-6-2-3-7-15(14)12-17/h2-9,17,19,21H,10-13H2,1H3. The Kier molecular flexibility index (Phi) is 4.77. The highest BCUT2D eigenvalue weighted by molar-refractivity contribution is 9.10. The zero-order valence-corrected chi connectivity index (χ0v) is 14.1. The van der Waals surface area contributed by atoms with Crippen molar-refractivity contribution in [2.75, 3.05) is 7.05 Å². The van der Waals surface area contributed by atoms with Gasteiger partial charge in [-0.25, -0.2) is 0 Å². The summed E-state index contributed by atoms with van der Waals surface area (Å²) in [6.45, 7) is 0. The van der Waals surface area contributed by atoms with E-state index in [4.69, 9.17) is 0 Å². The number of likely N-dealkylation sites (N-methyl/N-ethyl adjacent to an activating group) is 1. The van der Waals surface area contributed by atoms with Crippen LogP contribution in [0.1, 0.15) is 23.1 Å². The number of hydrogen-bond donors (Lipinski definition) is 1. The van der Waals surface area contributed by atoms with E-state index >= 15 is 0 Å². The summed E-state index contributed by atoms with van der Waals surface area (Å²) >= 11 is 3.68. The highest BCUT2D eigenvalue weighted by atomic mass is 79.9. The van der Waals surface area contributed by atoms with Gasteiger partial charge in [0.05, 0.1) is 0 Å². The van der Waals surface area contributed by atoms with Crippen molar-refractivity contribution in [1.82, 2.24) is 5.32 Å². The van der Waals surface area contributed by atoms with E-state index in [0.29, 0.717) is 6.04 Å². The van der Waals surface area contributed by atoms with E-state index in [2.05, 4.69) is 76.8 Å². The van der Waals surface area contributed by atoms with Crippen molar-refractivity contribution in [2.24, 2.45) is 5.92 Å². The second-order valence-electron chi connectivity index (χ2n) is 5.96. The third kappa shape index (κ3) is 3.38. The topological polar surface area (TPSA) is 12.0 Å². The molecule has 0 spiro atoms. The van der Waals surface area contributed by atoms with Gasteiger partial charge in [-0.3, -0.25) is 0 Å². The summed E-state index contributed by atoms with van der Waals surface area (Å²) in [6, 6.07) is 18.0. The molecule has 0 fully saturated rings. The van der Waals surface area contributed by atoms with Crippen LogP contribution in [0.15, 0.2) is 53.0 Å². The molecule has 1 nitrogen and oxygen atoms in total. The largest absolute Gasteiger partial charge is 0.316 e. The molecule has 0 aliphatic heterocycles. The van der Waals surface area contributed by atoms with Gasteiger partial charge in [-0.1, -0.05) is 58.4 Å². The lowest BCUT2D eigenvalue weighted by Gasteiger charge is -2.32. The predicted octanol–water partition coefficient (Wildman–Crippen LogP) is 4.38. The zero-order valence-electron chi connectivity index (χ0n) is 12.5. The first kappa shape index (κ1) is 14.8. The van der Waals surface area contributed by atoms with Crippen LogP contribution in [0.25, 0.3) is 0 Å². The fraction of sp³-hybridized carbons (Fsp3) is 0.368. The van der Waals surface area contributed by atoms with Gasteiger partial charge in [0.15, 0.2) is 0 Å². The average molecular weight is 344 g/mol. The number of benzene rings is 2. The zero-order chi connectivity index (χ0) is 14.7. The average Bonchev–Trinajstić information content (AvgIpc) is 2.54. The van der Waals surface area contributed by atoms with Gasteiger partial charge in [-0.15, -0.1) is 0 Å². The molecule has 0 amide bonds. The molecule has 2 aromatic rings. The Balaban J connectivity index is 1.74. The molecule has 0 heterocycles. The molecule has 2 aromatic carbocycles. The molecular weight excluding hydrogens is 322 g/mol. The number of rotatable bonds is 4. The molecule has 2 atom stereocenters. The van der Waals surface area contributed by atoms with Gasteiger partial charge in [-0.05, 0) is 61.4 Å². The summed E-state index contributed by atoms with van der Waals surface area (Å²) in [5.41, 5.74) is 4.49. The fourth-order valence-electron chi connectivity index (χ4n) is 3.47. The van der Waals surface area contributed by atoms with Gasteiger partial charge in [0.2, 0.25) is 0 Å². The van der Waals surface area contributed by atoms with Crippen molar-refractivity contribution in [3.05, 3.63) is 69.7 Å². The minimum Gasteiger partial charge on any atom is -0.316 e. The number of hydrogen-bond acceptors (Lipinski definition) is 1. The second kappa shape index (κ2) is 6.76. The van der Waals surface area contributed by atoms with Crippen molar-refractivity contribution in [1.29, 1.82) is 0 Å². The van der Waals surface area contributed by atoms with E-state index in [-0.39, 0.29) is 0 Å². The smallest absolute Gasteiger partial charge is 0.0207 e. The van der Waals surface area contributed by atoms with Crippen LogP contribution in [0.2, 0.25) is 0 Å². The predicted molar refractivity (Wildman–Crippen MR) is 92.7 cm³/mol. The third-order valence-electron chi connectivity index (χ3n) is 4.72. The summed E-state index contributed by atoms with van der Waals surface area (Å²) in [5.74, 6) is 0.719. The highest BCUT2D eigenvalue weighted by Crippen LogP contribution is 2.29. The lowest BCUT2D eigenvalue weighted by Crippen LogP contribution is -2.38. The quantitative estimate of drug-likeness (QED) is 0.868. The first-order chi connectivity index (χ1) is 10.3. The molecule has 0 saturated heterocycles. The van der Waals surface area contributed by atoms with E-state index in [9.17, 15) is 0 Å². The van der Waals surface area contributed by atoms with Gasteiger partial charge in [-0.2, -0.15) is 0 Å². The Labute approximate surface area is 135 Å². The van der Waals surface area contributed by atoms with Crippen molar-refractivity contribution in [3.8, 4) is 0 Å². The molecule has 1 N–H and O–H groups in total. The van der Waals surface area contributed by atoms with Crippen LogP contribution in [0.5, 0.6) is 0 Å². The van der Waals surface area contributed by atoms with Crippen molar-refractivity contribution >= 4 is 15.9 Å². The van der Waals surface area contributed by atoms with Gasteiger partial charge >= 0.3 is 0 Å². The van der Waals surface area contributed by atoms with Gasteiger partial charge in [0.1, 0.15) is 0 Å². The minimum absolute atomic E-state index is 0.539. The second-order valence-corrected chi connectivity index (χ2v) is 6.82. The van der Waals surface area contributed by atoms with Crippen LogP contribution in [-0.4, -0.2) is 13.1 Å². The minimum atomic E-state index is 0.539. The Morgan fingerprint density at radius 3 is 2.57 bits per heavy atom. The Morgan fingerprint density at radius 2 is 1.81 bits per heavy atom. The van der Waals surface area contributed by atoms with Crippen LogP contribution >= 0.6 is 15.9 Å². The normalized spacial score (nSPS) is 19.0. The molecule has 2 heteroatoms. The number of nitrogens with one attached hydrogen (secondary N) is 1. The fourth-order valence-corrected chi connectivity index (χ4v) is 3.92. The first-order valence-electron chi connectivity index (χ1n) is 7.75. The van der Waals surface area contributed by atoms with E-state index in [1.54, 1.807) is 11.1 Å². The lowest BCUT2D eigenvalue weighted by atomic mass is 9.78. The van der Waals surface area contributed by atoms with Crippen LogP contribution in [0, 0.1) is 5.92 Å². The van der Waals surface area contributed by atoms with Crippen molar-refractivity contribution < 1.29 is 0 Å². The third-order valence-corrected chi connectivity index (χ3v) is 5.50. The molecule has 0 saturated carbocycles. The summed E-state index contributed by atoms with van der Waals surface area (Å²) in [7, 11) is 2.10. The Hall–Kier alpha value is -1.12. The molecule has 110 valence electrons. The van der Waals surface area contributed by atoms with Gasteiger partial charge in [0, 0.05) is 10.5 Å². The lowest BCUT2D eigenvalue weighted by molar-refractivity contribution is 0.333. The molecule has 1 aliphatic rings. The van der Waals surface area contributed by atoms with Crippen molar-refractivity contribution in [2.45, 2.75) is 31.7 Å². The summed E-state index contributed by atoms with van der Waals surface area (Å²) in [5, 5.41) is 3.56. The first-order valence-corrected chi connectivity index (χ1v) is 8.54. The Bertz CT molecular complexity index is 608. The van der Waals surface area contributed by atoms with Crippen LogP contribution in [0.3, 0.4) is 0 Å². The van der Waals surface area contributed by atoms with E-state index < -0.39 is 0 Å². The molecule has 3 rings (SSSR count). The molecule has 21 heavy (non-hydrogen) atoms. The van der Waals surface area contributed by atoms with Crippen LogP contribution in [-0.2, 0) is 19.3 Å². The number of halogens is 1. The number of fused-ring (bicyclic) bond motifs is 1. The maximum Gasteiger partial charge on any atom is 0.0207 e. The van der Waals surface area contributed by atoms with Gasteiger partial charge < -0.3 is 5.32 Å². The molecule has 0 aromatic heterocycles. The molecule has 0 radical (unpaired) electrons. The van der Waals surface area contributed by atoms with Crippen LogP contribution in [0.4, 0.5) is 0 Å². The maximum atomic E-state index is 3.68. The highest BCUT2D eigenvalue weighted by Gasteiger charge is 2.25. The van der Waals surface area contributed by atoms with E-state index in [1.807, 2.05) is 0 Å². The summed E-state index contributed by atoms with van der Waals surface area (Å²) in [4.78, 5) is 0. The van der Waals surface area contributed by atoms with E-state index in [0.717, 1.165) is 12.3 Å². The Morgan fingerprint density at radius 1 is 1.10 bits per heavy atom. The maximum absolute atomic E-state index is 3.68. The van der Waals surface area contributed by atoms with Crippen molar-refractivity contribution in [3.63, 3.8) is 0 Å². The molecule has 0 bridgehead atoms. The number of aryl methyl sites for hydroxylation is 1. The van der Waals surface area contributed by atoms with Gasteiger partial charge in [0.25, 0.3) is 0 Å². The van der Waals surface area contributed by atoms with Crippen LogP contribution < -0.4 is 5.32 Å². The molecule has 2 unspecified atom stereocenters. The summed E-state index contributed by atoms with van der Waals surface area (Å²) in [6.07, 6.45) is 4.79. The SMILES string of the molecule is CNC(Cc1ccccc1Br)C1CCc2ccccc2C1. The molecular formula is C19H22BrN.